The van der Waals surface area contributed by atoms with E-state index in [-0.39, 0.29) is 4.91 Å². The smallest absolute Gasteiger partial charge is 0.410 e. The van der Waals surface area contributed by atoms with E-state index in [1.165, 1.54) is 17.2 Å². The molecule has 0 spiro atoms. The fourth-order valence-corrected chi connectivity index (χ4v) is 4.67. The minimum absolute atomic E-state index is 0.124. The van der Waals surface area contributed by atoms with E-state index in [0.717, 1.165) is 32.2 Å². The van der Waals surface area contributed by atoms with Crippen molar-refractivity contribution in [1.82, 2.24) is 9.80 Å². The Morgan fingerprint density at radius 1 is 1.23 bits per heavy atom. The molecule has 1 aromatic rings. The van der Waals surface area contributed by atoms with E-state index >= 15 is 0 Å². The zero-order valence-electron chi connectivity index (χ0n) is 17.5. The summed E-state index contributed by atoms with van der Waals surface area (Å²) < 4.78 is 35.4. The summed E-state index contributed by atoms with van der Waals surface area (Å²) in [6.45, 7) is 2.86. The Bertz CT molecular complexity index is 938. The Morgan fingerprint density at radius 2 is 2.00 bits per heavy atom. The average molecular weight is 432 g/mol. The van der Waals surface area contributed by atoms with Gasteiger partial charge in [-0.05, 0) is 43.5 Å². The molecule has 162 valence electrons. The van der Waals surface area contributed by atoms with E-state index in [4.69, 9.17) is 4.74 Å². The quantitative estimate of drug-likeness (QED) is 0.671. The second kappa shape index (κ2) is 9.93. The number of benzene rings is 1. The number of carbonyl (C=O) groups excluding carboxylic acids is 1. The van der Waals surface area contributed by atoms with Crippen LogP contribution in [-0.4, -0.2) is 49.8 Å². The van der Waals surface area contributed by atoms with Gasteiger partial charge in [0, 0.05) is 26.2 Å². The van der Waals surface area contributed by atoms with Gasteiger partial charge in [0.15, 0.2) is 0 Å². The van der Waals surface area contributed by atoms with Crippen molar-refractivity contribution in [3.8, 4) is 5.75 Å². The number of amides is 1. The van der Waals surface area contributed by atoms with E-state index in [0.29, 0.717) is 24.4 Å². The molecule has 0 aliphatic carbocycles. The number of unbranched alkanes of at least 4 members (excludes halogenated alkanes) is 1. The summed E-state index contributed by atoms with van der Waals surface area (Å²) in [5.41, 5.74) is 0. The van der Waals surface area contributed by atoms with Gasteiger partial charge in [0.1, 0.15) is 11.6 Å². The maximum absolute atomic E-state index is 12.9. The maximum atomic E-state index is 12.9. The molecular formula is C22H29N3O4S. The molecule has 3 rings (SSSR count). The summed E-state index contributed by atoms with van der Waals surface area (Å²) in [7, 11) is -1.97. The Balaban J connectivity index is 1.81. The number of amidine groups is 1. The van der Waals surface area contributed by atoms with Crippen LogP contribution in [0.25, 0.3) is 0 Å². The number of hydrogen-bond donors (Lipinski definition) is 0. The van der Waals surface area contributed by atoms with Crippen molar-refractivity contribution in [2.45, 2.75) is 51.5 Å². The van der Waals surface area contributed by atoms with Crippen LogP contribution in [0.4, 0.5) is 4.79 Å². The van der Waals surface area contributed by atoms with E-state index in [1.807, 2.05) is 18.0 Å². The number of carbonyl (C=O) groups is 1. The second-order valence-corrected chi connectivity index (χ2v) is 9.15. The molecule has 2 aliphatic rings. The predicted octanol–water partition coefficient (Wildman–Crippen LogP) is 4.30. The minimum Gasteiger partial charge on any atom is -0.410 e. The molecule has 1 saturated heterocycles. The minimum atomic E-state index is -3.84. The lowest BCUT2D eigenvalue weighted by Crippen LogP contribution is -2.39. The highest BCUT2D eigenvalue weighted by molar-refractivity contribution is 7.94. The molecule has 2 heterocycles. The maximum Gasteiger partial charge on any atom is 0.419 e. The highest BCUT2D eigenvalue weighted by Gasteiger charge is 2.29. The molecule has 30 heavy (non-hydrogen) atoms. The SMILES string of the molecule is CCCCC1C=C(S(=O)(=O)/N=C2\CCCCN2C)C=CN1C(=O)Oc1ccccc1. The Hall–Kier alpha value is -2.61. The summed E-state index contributed by atoms with van der Waals surface area (Å²) in [5.74, 6) is 1.03. The number of piperidine rings is 1. The van der Waals surface area contributed by atoms with E-state index in [2.05, 4.69) is 11.3 Å². The first kappa shape index (κ1) is 22.1. The van der Waals surface area contributed by atoms with Crippen molar-refractivity contribution in [3.05, 3.63) is 53.6 Å². The van der Waals surface area contributed by atoms with Gasteiger partial charge < -0.3 is 9.64 Å². The molecule has 8 heteroatoms. The average Bonchev–Trinajstić information content (AvgIpc) is 2.74. The zero-order chi connectivity index (χ0) is 21.6. The third-order valence-corrected chi connectivity index (χ3v) is 6.55. The molecule has 0 aromatic heterocycles. The Labute approximate surface area is 178 Å². The van der Waals surface area contributed by atoms with Gasteiger partial charge in [0.2, 0.25) is 0 Å². The lowest BCUT2D eigenvalue weighted by molar-refractivity contribution is 0.159. The number of hydrogen-bond acceptors (Lipinski definition) is 4. The highest BCUT2D eigenvalue weighted by Crippen LogP contribution is 2.25. The Kier molecular flexibility index (Phi) is 7.31. The van der Waals surface area contributed by atoms with Crippen molar-refractivity contribution < 1.29 is 17.9 Å². The largest absolute Gasteiger partial charge is 0.419 e. The predicted molar refractivity (Wildman–Crippen MR) is 118 cm³/mol. The number of ether oxygens (including phenoxy) is 1. The summed E-state index contributed by atoms with van der Waals surface area (Å²) in [4.78, 5) is 16.2. The van der Waals surface area contributed by atoms with E-state index in [9.17, 15) is 13.2 Å². The van der Waals surface area contributed by atoms with Crippen molar-refractivity contribution in [2.24, 2.45) is 4.40 Å². The first-order valence-electron chi connectivity index (χ1n) is 10.4. The van der Waals surface area contributed by atoms with Crippen LogP contribution in [0, 0.1) is 0 Å². The van der Waals surface area contributed by atoms with Gasteiger partial charge >= 0.3 is 6.09 Å². The summed E-state index contributed by atoms with van der Waals surface area (Å²) in [6, 6.07) is 8.42. The Morgan fingerprint density at radius 3 is 2.70 bits per heavy atom. The van der Waals surface area contributed by atoms with Crippen LogP contribution in [0.2, 0.25) is 0 Å². The van der Waals surface area contributed by atoms with Crippen LogP contribution < -0.4 is 4.74 Å². The first-order chi connectivity index (χ1) is 14.4. The fraction of sp³-hybridized carbons (Fsp3) is 0.455. The lowest BCUT2D eigenvalue weighted by atomic mass is 10.1. The monoisotopic (exact) mass is 431 g/mol. The molecule has 1 unspecified atom stereocenters. The van der Waals surface area contributed by atoms with Crippen LogP contribution >= 0.6 is 0 Å². The standard InChI is InChI=1S/C22H29N3O4S/c1-3-4-10-18-17-20(30(27,28)23-21-13-8-9-15-24(21)2)14-16-25(18)22(26)29-19-11-6-5-7-12-19/h5-7,11-12,14,16-18H,3-4,8-10,13,15H2,1-2H3/b23-21+. The molecule has 7 nitrogen and oxygen atoms in total. The molecule has 1 amide bonds. The van der Waals surface area contributed by atoms with Gasteiger partial charge in [-0.15, -0.1) is 4.40 Å². The number of allylic oxidation sites excluding steroid dienone is 1. The van der Waals surface area contributed by atoms with Crippen LogP contribution in [0.3, 0.4) is 0 Å². The topological polar surface area (TPSA) is 79.3 Å². The van der Waals surface area contributed by atoms with Crippen LogP contribution in [0.15, 0.2) is 58.0 Å². The molecule has 1 atom stereocenters. The van der Waals surface area contributed by atoms with Gasteiger partial charge in [-0.1, -0.05) is 38.0 Å². The van der Waals surface area contributed by atoms with E-state index in [1.54, 1.807) is 30.3 Å². The third-order valence-electron chi connectivity index (χ3n) is 5.23. The van der Waals surface area contributed by atoms with E-state index < -0.39 is 22.2 Å². The third kappa shape index (κ3) is 5.50. The summed E-state index contributed by atoms with van der Waals surface area (Å²) in [6.07, 6.45) is 9.05. The number of sulfonamides is 1. The molecule has 0 bridgehead atoms. The van der Waals surface area contributed by atoms with Gasteiger partial charge in [-0.2, -0.15) is 8.42 Å². The molecule has 0 saturated carbocycles. The highest BCUT2D eigenvalue weighted by atomic mass is 32.2. The molecule has 1 fully saturated rings. The summed E-state index contributed by atoms with van der Waals surface area (Å²) in [5, 5.41) is 0. The molecule has 0 N–H and O–H groups in total. The van der Waals surface area contributed by atoms with Crippen molar-refractivity contribution in [1.29, 1.82) is 0 Å². The van der Waals surface area contributed by atoms with Gasteiger partial charge in [-0.25, -0.2) is 4.79 Å². The number of para-hydroxylation sites is 1. The number of nitrogens with zero attached hydrogens (tertiary/aromatic N) is 3. The van der Waals surface area contributed by atoms with Crippen LogP contribution in [0.1, 0.15) is 45.4 Å². The normalized spacial score (nSPS) is 20.9. The van der Waals surface area contributed by atoms with Crippen LogP contribution in [-0.2, 0) is 10.0 Å². The zero-order valence-corrected chi connectivity index (χ0v) is 18.3. The van der Waals surface area contributed by atoms with Gasteiger partial charge in [-0.3, -0.25) is 4.90 Å². The van der Waals surface area contributed by atoms with Gasteiger partial charge in [0.25, 0.3) is 10.0 Å². The number of likely N-dealkylation sites (tertiary alicyclic amines) is 1. The fourth-order valence-electron chi connectivity index (χ4n) is 3.49. The van der Waals surface area contributed by atoms with Gasteiger partial charge in [0.05, 0.1) is 10.9 Å². The molecule has 0 radical (unpaired) electrons. The van der Waals surface area contributed by atoms with Crippen molar-refractivity contribution in [2.75, 3.05) is 13.6 Å². The molecular weight excluding hydrogens is 402 g/mol. The second-order valence-electron chi connectivity index (χ2n) is 7.54. The summed E-state index contributed by atoms with van der Waals surface area (Å²) >= 11 is 0. The molecule has 1 aromatic carbocycles. The van der Waals surface area contributed by atoms with Crippen molar-refractivity contribution >= 4 is 22.0 Å². The lowest BCUT2D eigenvalue weighted by Gasteiger charge is -2.29. The first-order valence-corrected chi connectivity index (χ1v) is 11.8. The van der Waals surface area contributed by atoms with Crippen LogP contribution in [0.5, 0.6) is 5.75 Å². The van der Waals surface area contributed by atoms with Crippen molar-refractivity contribution in [3.63, 3.8) is 0 Å². The number of rotatable bonds is 6. The molecule has 2 aliphatic heterocycles.